The zero-order valence-corrected chi connectivity index (χ0v) is 9.92. The lowest BCUT2D eigenvalue weighted by Gasteiger charge is -2.27. The molecule has 1 aromatic carbocycles. The van der Waals surface area contributed by atoms with Crippen molar-refractivity contribution in [2.24, 2.45) is 11.0 Å². The Morgan fingerprint density at radius 2 is 1.82 bits per heavy atom. The number of rotatable bonds is 4. The summed E-state index contributed by atoms with van der Waals surface area (Å²) in [6.07, 6.45) is 1.77. The van der Waals surface area contributed by atoms with Gasteiger partial charge in [-0.25, -0.2) is 0 Å². The molecule has 0 aromatic heterocycles. The maximum absolute atomic E-state index is 11.8. The number of hydrogen-bond acceptors (Lipinski definition) is 3. The predicted octanol–water partition coefficient (Wildman–Crippen LogP) is 1.59. The molecule has 8 heteroatoms. The Hall–Kier alpha value is -1.43. The van der Waals surface area contributed by atoms with Gasteiger partial charge in [-0.15, -0.1) is 0 Å². The summed E-state index contributed by atoms with van der Waals surface area (Å²) in [6.45, 7) is 0. The first-order valence-electron chi connectivity index (χ1n) is 5.11. The summed E-state index contributed by atoms with van der Waals surface area (Å²) in [6, 6.07) is 5.81. The van der Waals surface area contributed by atoms with E-state index in [1.807, 2.05) is 0 Å². The van der Waals surface area contributed by atoms with E-state index in [0.717, 1.165) is 12.8 Å². The number of nitro groups is 1. The highest BCUT2D eigenvalue weighted by Gasteiger charge is 2.37. The Bertz CT molecular complexity index is 480. The van der Waals surface area contributed by atoms with E-state index in [2.05, 4.69) is 0 Å². The van der Waals surface area contributed by atoms with Crippen LogP contribution in [0.2, 0.25) is 0 Å². The quantitative estimate of drug-likeness (QED) is 0.480. The molecular weight excluding hydrogens is 243 g/mol. The fourth-order valence-corrected chi connectivity index (χ4v) is 2.93. The van der Waals surface area contributed by atoms with Gasteiger partial charge in [0.15, 0.2) is 0 Å². The van der Waals surface area contributed by atoms with Crippen molar-refractivity contribution in [1.29, 1.82) is 0 Å². The molecule has 2 rings (SSSR count). The van der Waals surface area contributed by atoms with Crippen LogP contribution in [0.4, 0.5) is 11.4 Å². The van der Waals surface area contributed by atoms with Crippen molar-refractivity contribution >= 4 is 19.0 Å². The van der Waals surface area contributed by atoms with Gasteiger partial charge in [-0.1, -0.05) is 0 Å². The summed E-state index contributed by atoms with van der Waals surface area (Å²) in [5.74, 6) is 0. The molecule has 0 radical (unpaired) electrons. The van der Waals surface area contributed by atoms with Gasteiger partial charge in [-0.3, -0.25) is 30.4 Å². The van der Waals surface area contributed by atoms with Crippen LogP contribution in [-0.2, 0) is 4.57 Å². The maximum Gasteiger partial charge on any atom is 0.300 e. The summed E-state index contributed by atoms with van der Waals surface area (Å²) in [5.41, 5.74) is 11.5. The highest BCUT2D eigenvalue weighted by Crippen LogP contribution is 2.46. The van der Waals surface area contributed by atoms with E-state index in [-0.39, 0.29) is 11.7 Å². The first-order valence-corrected chi connectivity index (χ1v) is 6.91. The first kappa shape index (κ1) is 12.0. The Morgan fingerprint density at radius 3 is 2.18 bits per heavy atom. The normalized spacial score (nSPS) is 15.6. The van der Waals surface area contributed by atoms with Gasteiger partial charge in [0, 0.05) is 23.9 Å². The minimum Gasteiger partial charge on any atom is -0.297 e. The third-order valence-electron chi connectivity index (χ3n) is 2.55. The minimum atomic E-state index is -3.37. The van der Waals surface area contributed by atoms with Crippen LogP contribution in [0.15, 0.2) is 24.3 Å². The van der Waals surface area contributed by atoms with Crippen molar-refractivity contribution in [2.75, 3.05) is 4.67 Å². The molecule has 0 saturated heterocycles. The van der Waals surface area contributed by atoms with Gasteiger partial charge >= 0.3 is 7.59 Å². The van der Waals surface area contributed by atoms with E-state index in [0.29, 0.717) is 5.69 Å². The lowest BCUT2D eigenvalue weighted by Crippen LogP contribution is -2.30. The van der Waals surface area contributed by atoms with E-state index >= 15 is 0 Å². The van der Waals surface area contributed by atoms with Gasteiger partial charge in [0.25, 0.3) is 5.69 Å². The third kappa shape index (κ3) is 2.63. The van der Waals surface area contributed by atoms with Gasteiger partial charge in [-0.2, -0.15) is 0 Å². The number of hydrogen-bond donors (Lipinski definition) is 2. The van der Waals surface area contributed by atoms with Crippen LogP contribution in [-0.4, -0.2) is 11.0 Å². The van der Waals surface area contributed by atoms with Gasteiger partial charge in [0.05, 0.1) is 4.92 Å². The summed E-state index contributed by atoms with van der Waals surface area (Å²) >= 11 is 0. The second-order valence-corrected chi connectivity index (χ2v) is 5.80. The molecule has 0 amide bonds. The van der Waals surface area contributed by atoms with Crippen LogP contribution < -0.4 is 15.7 Å². The molecule has 1 aliphatic carbocycles. The van der Waals surface area contributed by atoms with Crippen molar-refractivity contribution in [3.8, 4) is 0 Å². The van der Waals surface area contributed by atoms with E-state index in [1.165, 1.54) is 28.9 Å². The fraction of sp³-hybridized carbons (Fsp3) is 0.333. The summed E-state index contributed by atoms with van der Waals surface area (Å²) < 4.78 is 13.2. The molecule has 0 unspecified atom stereocenters. The van der Waals surface area contributed by atoms with Crippen molar-refractivity contribution < 1.29 is 9.49 Å². The van der Waals surface area contributed by atoms with E-state index in [9.17, 15) is 14.7 Å². The SMILES string of the molecule is NP(N)(=O)N(c1ccc([N+](=O)[O-])cc1)C1CC1. The lowest BCUT2D eigenvalue weighted by molar-refractivity contribution is -0.384. The van der Waals surface area contributed by atoms with Crippen LogP contribution in [0.3, 0.4) is 0 Å². The van der Waals surface area contributed by atoms with Crippen LogP contribution in [0.5, 0.6) is 0 Å². The molecule has 0 atom stereocenters. The maximum atomic E-state index is 11.8. The van der Waals surface area contributed by atoms with Gasteiger partial charge in [0.2, 0.25) is 0 Å². The summed E-state index contributed by atoms with van der Waals surface area (Å²) in [5, 5.41) is 10.5. The number of nitrogens with two attached hydrogens (primary N) is 2. The standard InChI is InChI=1S/C9H13N4O3P/c10-17(11,16)12(7-1-2-7)8-3-5-9(6-4-8)13(14)15/h3-7H,1-2H2,(H4,10,11,16). The topological polar surface area (TPSA) is 115 Å². The zero-order chi connectivity index (χ0) is 12.6. The van der Waals surface area contributed by atoms with Crippen LogP contribution in [0.1, 0.15) is 12.8 Å². The van der Waals surface area contributed by atoms with Crippen molar-refractivity contribution in [1.82, 2.24) is 0 Å². The Labute approximate surface area is 98.1 Å². The highest BCUT2D eigenvalue weighted by molar-refractivity contribution is 7.60. The Balaban J connectivity index is 2.31. The number of benzene rings is 1. The van der Waals surface area contributed by atoms with Gasteiger partial charge in [-0.05, 0) is 25.0 Å². The second kappa shape index (κ2) is 4.10. The molecule has 1 aromatic rings. The molecular formula is C9H13N4O3P. The first-order chi connectivity index (χ1) is 7.89. The molecule has 1 aliphatic rings. The molecule has 0 heterocycles. The molecule has 0 aliphatic heterocycles. The molecule has 1 fully saturated rings. The third-order valence-corrected chi connectivity index (χ3v) is 3.79. The number of anilines is 1. The molecule has 17 heavy (non-hydrogen) atoms. The zero-order valence-electron chi connectivity index (χ0n) is 9.02. The van der Waals surface area contributed by atoms with Crippen LogP contribution in [0, 0.1) is 10.1 Å². The molecule has 0 spiro atoms. The monoisotopic (exact) mass is 256 g/mol. The average Bonchev–Trinajstić information content (AvgIpc) is 3.01. The second-order valence-electron chi connectivity index (χ2n) is 4.02. The number of non-ortho nitro benzene ring substituents is 1. The fourth-order valence-electron chi connectivity index (χ4n) is 1.69. The summed E-state index contributed by atoms with van der Waals surface area (Å²) in [4.78, 5) is 10.0. The van der Waals surface area contributed by atoms with Gasteiger partial charge in [0.1, 0.15) is 0 Å². The van der Waals surface area contributed by atoms with E-state index in [4.69, 9.17) is 11.0 Å². The van der Waals surface area contributed by atoms with Crippen molar-refractivity contribution in [3.05, 3.63) is 34.4 Å². The average molecular weight is 256 g/mol. The largest absolute Gasteiger partial charge is 0.300 e. The van der Waals surface area contributed by atoms with Crippen molar-refractivity contribution in [3.63, 3.8) is 0 Å². The lowest BCUT2D eigenvalue weighted by atomic mass is 10.3. The highest BCUT2D eigenvalue weighted by atomic mass is 31.2. The molecule has 92 valence electrons. The number of nitrogens with zero attached hydrogens (tertiary/aromatic N) is 2. The molecule has 4 N–H and O–H groups in total. The smallest absolute Gasteiger partial charge is 0.297 e. The predicted molar refractivity (Wildman–Crippen MR) is 64.6 cm³/mol. The van der Waals surface area contributed by atoms with E-state index < -0.39 is 12.5 Å². The molecule has 0 bridgehead atoms. The van der Waals surface area contributed by atoms with E-state index in [1.54, 1.807) is 0 Å². The molecule has 7 nitrogen and oxygen atoms in total. The summed E-state index contributed by atoms with van der Waals surface area (Å²) in [7, 11) is -3.37. The Morgan fingerprint density at radius 1 is 1.29 bits per heavy atom. The Kier molecular flexibility index (Phi) is 2.91. The van der Waals surface area contributed by atoms with Crippen molar-refractivity contribution in [2.45, 2.75) is 18.9 Å². The molecule has 1 saturated carbocycles. The van der Waals surface area contributed by atoms with Gasteiger partial charge < -0.3 is 0 Å². The van der Waals surface area contributed by atoms with Crippen LogP contribution >= 0.6 is 7.59 Å². The number of nitro benzene ring substituents is 1. The minimum absolute atomic E-state index is 0.0200. The van der Waals surface area contributed by atoms with Crippen LogP contribution in [0.25, 0.3) is 0 Å².